The second kappa shape index (κ2) is 7.40. The Bertz CT molecular complexity index is 771. The Balaban J connectivity index is 1.50. The molecule has 0 aliphatic carbocycles. The van der Waals surface area contributed by atoms with E-state index in [9.17, 15) is 4.79 Å². The zero-order chi connectivity index (χ0) is 16.8. The summed E-state index contributed by atoms with van der Waals surface area (Å²) in [4.78, 5) is 20.2. The van der Waals surface area contributed by atoms with Crippen LogP contribution in [0.25, 0.3) is 11.4 Å². The molecule has 3 heterocycles. The van der Waals surface area contributed by atoms with Crippen LogP contribution in [0.5, 0.6) is 0 Å². The Morgan fingerprint density at radius 1 is 1.38 bits per heavy atom. The van der Waals surface area contributed by atoms with Gasteiger partial charge in [-0.2, -0.15) is 4.98 Å². The minimum atomic E-state index is -0.367. The second-order valence-corrected chi connectivity index (χ2v) is 5.16. The van der Waals surface area contributed by atoms with Gasteiger partial charge >= 0.3 is 0 Å². The van der Waals surface area contributed by atoms with E-state index in [1.807, 2.05) is 0 Å². The van der Waals surface area contributed by atoms with Crippen molar-refractivity contribution < 1.29 is 9.32 Å². The van der Waals surface area contributed by atoms with Crippen molar-refractivity contribution in [3.63, 3.8) is 0 Å². The number of aryl methyl sites for hydroxylation is 1. The third-order valence-corrected chi connectivity index (χ3v) is 3.31. The lowest BCUT2D eigenvalue weighted by Gasteiger charge is -2.09. The van der Waals surface area contributed by atoms with Crippen molar-refractivity contribution in [2.24, 2.45) is 0 Å². The van der Waals surface area contributed by atoms with E-state index in [1.54, 1.807) is 36.1 Å². The average Bonchev–Trinajstić information content (AvgIpc) is 3.27. The molecule has 1 amide bonds. The fraction of sp³-hybridized carbons (Fsp3) is 0.357. The summed E-state index contributed by atoms with van der Waals surface area (Å²) in [6.45, 7) is 2.38. The van der Waals surface area contributed by atoms with Gasteiger partial charge in [0.25, 0.3) is 0 Å². The first-order chi connectivity index (χ1) is 11.7. The molecule has 10 nitrogen and oxygen atoms in total. The van der Waals surface area contributed by atoms with Gasteiger partial charge in [0, 0.05) is 30.9 Å². The molecule has 1 atom stereocenters. The standard InChI is InChI=1S/C14H16N8O2/c1-10(17-12(23)3-2-8-22-9-16-20-21-22)14-18-13(19-24-14)11-4-6-15-7-5-11/h4-7,9-10H,2-3,8H2,1H3,(H,17,23). The molecule has 124 valence electrons. The van der Waals surface area contributed by atoms with Crippen LogP contribution in [0.15, 0.2) is 35.4 Å². The van der Waals surface area contributed by atoms with Crippen LogP contribution in [0.2, 0.25) is 0 Å². The first-order valence-electron chi connectivity index (χ1n) is 7.46. The SMILES string of the molecule is CC(NC(=O)CCCn1cnnn1)c1nc(-c2ccncc2)no1. The molecule has 3 aromatic rings. The Labute approximate surface area is 137 Å². The number of rotatable bonds is 7. The largest absolute Gasteiger partial charge is 0.345 e. The van der Waals surface area contributed by atoms with Gasteiger partial charge in [-0.25, -0.2) is 4.68 Å². The van der Waals surface area contributed by atoms with Gasteiger partial charge in [-0.15, -0.1) is 5.10 Å². The van der Waals surface area contributed by atoms with Gasteiger partial charge in [0.2, 0.25) is 17.6 Å². The molecule has 0 bridgehead atoms. The number of nitrogens with zero attached hydrogens (tertiary/aromatic N) is 7. The highest BCUT2D eigenvalue weighted by molar-refractivity contribution is 5.76. The molecule has 0 saturated heterocycles. The summed E-state index contributed by atoms with van der Waals surface area (Å²) in [5, 5.41) is 17.6. The Kier molecular flexibility index (Phi) is 4.84. The fourth-order valence-corrected chi connectivity index (χ4v) is 2.09. The molecule has 3 aromatic heterocycles. The number of aromatic nitrogens is 7. The monoisotopic (exact) mass is 328 g/mol. The third-order valence-electron chi connectivity index (χ3n) is 3.31. The second-order valence-electron chi connectivity index (χ2n) is 5.16. The van der Waals surface area contributed by atoms with Crippen molar-refractivity contribution in [1.29, 1.82) is 0 Å². The molecule has 24 heavy (non-hydrogen) atoms. The Morgan fingerprint density at radius 3 is 2.96 bits per heavy atom. The Morgan fingerprint density at radius 2 is 2.21 bits per heavy atom. The molecule has 3 rings (SSSR count). The minimum absolute atomic E-state index is 0.0979. The van der Waals surface area contributed by atoms with Crippen LogP contribution in [0, 0.1) is 0 Å². The van der Waals surface area contributed by atoms with Gasteiger partial charge in [0.15, 0.2) is 0 Å². The van der Waals surface area contributed by atoms with E-state index in [0.717, 1.165) is 5.56 Å². The van der Waals surface area contributed by atoms with Gasteiger partial charge in [0.05, 0.1) is 0 Å². The van der Waals surface area contributed by atoms with Crippen molar-refractivity contribution >= 4 is 5.91 Å². The lowest BCUT2D eigenvalue weighted by Crippen LogP contribution is -2.26. The number of nitrogens with one attached hydrogen (secondary N) is 1. The summed E-state index contributed by atoms with van der Waals surface area (Å²) >= 11 is 0. The molecule has 0 fully saturated rings. The molecular weight excluding hydrogens is 312 g/mol. The molecule has 0 radical (unpaired) electrons. The van der Waals surface area contributed by atoms with E-state index >= 15 is 0 Å². The summed E-state index contributed by atoms with van der Waals surface area (Å²) < 4.78 is 6.80. The van der Waals surface area contributed by atoms with E-state index in [2.05, 4.69) is 36.0 Å². The quantitative estimate of drug-likeness (QED) is 0.674. The van der Waals surface area contributed by atoms with Crippen molar-refractivity contribution in [3.8, 4) is 11.4 Å². The molecule has 0 aliphatic rings. The number of hydrogen-bond acceptors (Lipinski definition) is 8. The summed E-state index contributed by atoms with van der Waals surface area (Å²) in [6.07, 6.45) is 5.81. The van der Waals surface area contributed by atoms with Crippen LogP contribution in [-0.4, -0.2) is 41.2 Å². The summed E-state index contributed by atoms with van der Waals surface area (Å²) in [7, 11) is 0. The zero-order valence-corrected chi connectivity index (χ0v) is 13.0. The minimum Gasteiger partial charge on any atom is -0.345 e. The van der Waals surface area contributed by atoms with E-state index < -0.39 is 0 Å². The van der Waals surface area contributed by atoms with Gasteiger partial charge in [-0.3, -0.25) is 9.78 Å². The lowest BCUT2D eigenvalue weighted by atomic mass is 10.2. The first-order valence-corrected chi connectivity index (χ1v) is 7.46. The summed E-state index contributed by atoms with van der Waals surface area (Å²) in [5.74, 6) is 0.724. The van der Waals surface area contributed by atoms with Gasteiger partial charge in [-0.05, 0) is 35.9 Å². The molecular formula is C14H16N8O2. The van der Waals surface area contributed by atoms with Crippen LogP contribution in [0.3, 0.4) is 0 Å². The fourth-order valence-electron chi connectivity index (χ4n) is 2.09. The maximum Gasteiger partial charge on any atom is 0.249 e. The van der Waals surface area contributed by atoms with Gasteiger partial charge in [-0.1, -0.05) is 5.16 Å². The number of tetrazole rings is 1. The summed E-state index contributed by atoms with van der Waals surface area (Å²) in [6, 6.07) is 3.21. The van der Waals surface area contributed by atoms with Gasteiger partial charge in [0.1, 0.15) is 12.4 Å². The summed E-state index contributed by atoms with van der Waals surface area (Å²) in [5.41, 5.74) is 0.806. The smallest absolute Gasteiger partial charge is 0.249 e. The van der Waals surface area contributed by atoms with Crippen molar-refractivity contribution in [1.82, 2.24) is 40.6 Å². The molecule has 10 heteroatoms. The molecule has 1 N–H and O–H groups in total. The number of carbonyl (C=O) groups is 1. The third kappa shape index (κ3) is 3.97. The van der Waals surface area contributed by atoms with Crippen LogP contribution >= 0.6 is 0 Å². The van der Waals surface area contributed by atoms with E-state index in [4.69, 9.17) is 4.52 Å². The molecule has 0 saturated carbocycles. The van der Waals surface area contributed by atoms with Crippen molar-refractivity contribution in [2.75, 3.05) is 0 Å². The van der Waals surface area contributed by atoms with Crippen molar-refractivity contribution in [3.05, 3.63) is 36.7 Å². The maximum atomic E-state index is 12.0. The highest BCUT2D eigenvalue weighted by Crippen LogP contribution is 2.17. The highest BCUT2D eigenvalue weighted by atomic mass is 16.5. The van der Waals surface area contributed by atoms with Crippen LogP contribution in [0.4, 0.5) is 0 Å². The van der Waals surface area contributed by atoms with E-state index in [-0.39, 0.29) is 11.9 Å². The van der Waals surface area contributed by atoms with E-state index in [0.29, 0.717) is 31.1 Å². The maximum absolute atomic E-state index is 12.0. The first kappa shape index (κ1) is 15.7. The predicted molar refractivity (Wildman–Crippen MR) is 81.1 cm³/mol. The molecule has 0 aliphatic heterocycles. The Hall–Kier alpha value is -3.17. The number of carbonyl (C=O) groups excluding carboxylic acids is 1. The number of amides is 1. The average molecular weight is 328 g/mol. The predicted octanol–water partition coefficient (Wildman–Crippen LogP) is 0.776. The topological polar surface area (TPSA) is 125 Å². The van der Waals surface area contributed by atoms with E-state index in [1.165, 1.54) is 6.33 Å². The highest BCUT2D eigenvalue weighted by Gasteiger charge is 2.17. The lowest BCUT2D eigenvalue weighted by molar-refractivity contribution is -0.122. The number of pyridine rings is 1. The van der Waals surface area contributed by atoms with Crippen LogP contribution < -0.4 is 5.32 Å². The van der Waals surface area contributed by atoms with Gasteiger partial charge < -0.3 is 9.84 Å². The normalized spacial score (nSPS) is 12.0. The number of hydrogen-bond donors (Lipinski definition) is 1. The van der Waals surface area contributed by atoms with Crippen LogP contribution in [0.1, 0.15) is 31.7 Å². The molecule has 0 spiro atoms. The zero-order valence-electron chi connectivity index (χ0n) is 13.0. The van der Waals surface area contributed by atoms with Crippen LogP contribution in [-0.2, 0) is 11.3 Å². The molecule has 1 unspecified atom stereocenters. The molecule has 0 aromatic carbocycles. The van der Waals surface area contributed by atoms with Crippen molar-refractivity contribution in [2.45, 2.75) is 32.4 Å².